The first-order valence-corrected chi connectivity index (χ1v) is 10.9. The lowest BCUT2D eigenvalue weighted by Crippen LogP contribution is -2.48. The highest BCUT2D eigenvalue weighted by Crippen LogP contribution is 2.55. The number of nitrogens with zero attached hydrogens (tertiary/aromatic N) is 1. The Labute approximate surface area is 190 Å². The summed E-state index contributed by atoms with van der Waals surface area (Å²) in [7, 11) is 2.50. The molecule has 1 unspecified atom stereocenters. The van der Waals surface area contributed by atoms with Crippen LogP contribution in [0.2, 0.25) is 0 Å². The molecule has 3 heterocycles. The van der Waals surface area contributed by atoms with Gasteiger partial charge in [0.25, 0.3) is 0 Å². The average molecular weight is 463 g/mol. The van der Waals surface area contributed by atoms with E-state index in [2.05, 4.69) is 9.64 Å². The zero-order valence-electron chi connectivity index (χ0n) is 18.5. The van der Waals surface area contributed by atoms with Crippen LogP contribution < -0.4 is 9.47 Å². The summed E-state index contributed by atoms with van der Waals surface area (Å²) in [6.45, 7) is 1.77. The van der Waals surface area contributed by atoms with E-state index in [0.29, 0.717) is 17.3 Å². The van der Waals surface area contributed by atoms with Crippen molar-refractivity contribution in [1.29, 1.82) is 0 Å². The molecule has 0 aromatic heterocycles. The molecule has 3 aliphatic heterocycles. The van der Waals surface area contributed by atoms with E-state index in [1.54, 1.807) is 0 Å². The van der Waals surface area contributed by atoms with Gasteiger partial charge in [-0.15, -0.1) is 0 Å². The van der Waals surface area contributed by atoms with Gasteiger partial charge in [-0.1, -0.05) is 0 Å². The molecule has 1 N–H and O–H groups in total. The van der Waals surface area contributed by atoms with Crippen LogP contribution in [0.3, 0.4) is 0 Å². The first kappa shape index (κ1) is 22.0. The Hall–Kier alpha value is -2.85. The number of ether oxygens (including phenoxy) is 5. The molecule has 0 saturated carbocycles. The highest BCUT2D eigenvalue weighted by atomic mass is 19.2. The number of carbonyl (C=O) groups excluding carboxylic acids is 2. The fourth-order valence-corrected chi connectivity index (χ4v) is 5.64. The van der Waals surface area contributed by atoms with Gasteiger partial charge in [0.2, 0.25) is 6.79 Å². The van der Waals surface area contributed by atoms with Crippen LogP contribution in [0.1, 0.15) is 36.3 Å². The molecule has 33 heavy (non-hydrogen) atoms. The first-order valence-electron chi connectivity index (χ1n) is 10.9. The van der Waals surface area contributed by atoms with Gasteiger partial charge in [-0.2, -0.15) is 4.39 Å². The molecule has 0 amide bonds. The van der Waals surface area contributed by atoms with Crippen molar-refractivity contribution in [2.75, 3.05) is 34.1 Å². The van der Waals surface area contributed by atoms with Crippen LogP contribution in [-0.2, 0) is 30.2 Å². The van der Waals surface area contributed by atoms with Crippen molar-refractivity contribution in [2.45, 2.75) is 49.1 Å². The van der Waals surface area contributed by atoms with E-state index in [0.717, 1.165) is 50.6 Å². The SMILES string of the molecule is COC(=O)C[C@](O)(F)C(=O)OC1C(OC)=C[C@]23CCCN2CCc2cc4c(cc2[C@H]13)OCO4. The molecule has 10 heteroatoms. The van der Waals surface area contributed by atoms with Gasteiger partial charge in [0, 0.05) is 6.54 Å². The summed E-state index contributed by atoms with van der Waals surface area (Å²) in [4.78, 5) is 26.5. The van der Waals surface area contributed by atoms with Crippen LogP contribution >= 0.6 is 0 Å². The van der Waals surface area contributed by atoms with Crippen molar-refractivity contribution < 1.29 is 42.8 Å². The smallest absolute Gasteiger partial charge is 0.373 e. The van der Waals surface area contributed by atoms with Gasteiger partial charge < -0.3 is 28.8 Å². The maximum absolute atomic E-state index is 14.7. The Bertz CT molecular complexity index is 1020. The Morgan fingerprint density at radius 2 is 2.03 bits per heavy atom. The molecule has 4 aliphatic rings. The van der Waals surface area contributed by atoms with Gasteiger partial charge in [-0.25, -0.2) is 4.79 Å². The largest absolute Gasteiger partial charge is 0.497 e. The second kappa shape index (κ2) is 7.88. The molecule has 1 aliphatic carbocycles. The van der Waals surface area contributed by atoms with Crippen LogP contribution in [0.5, 0.6) is 11.5 Å². The van der Waals surface area contributed by atoms with Crippen LogP contribution in [0, 0.1) is 0 Å². The molecule has 5 rings (SSSR count). The monoisotopic (exact) mass is 463 g/mol. The normalized spacial score (nSPS) is 29.2. The van der Waals surface area contributed by atoms with Gasteiger partial charge in [-0.05, 0) is 55.1 Å². The number of hydrogen-bond acceptors (Lipinski definition) is 9. The predicted molar refractivity (Wildman–Crippen MR) is 110 cm³/mol. The van der Waals surface area contributed by atoms with E-state index in [4.69, 9.17) is 18.9 Å². The number of fused-ring (bicyclic) bond motifs is 3. The molecule has 1 fully saturated rings. The lowest BCUT2D eigenvalue weighted by atomic mass is 9.77. The number of halogens is 1. The minimum Gasteiger partial charge on any atom is -0.497 e. The topological polar surface area (TPSA) is 104 Å². The third-order valence-electron chi connectivity index (χ3n) is 7.12. The summed E-state index contributed by atoms with van der Waals surface area (Å²) in [6, 6.07) is 3.84. The molecule has 0 radical (unpaired) electrons. The molecular weight excluding hydrogens is 437 g/mol. The maximum Gasteiger partial charge on any atom is 0.373 e. The summed E-state index contributed by atoms with van der Waals surface area (Å²) in [5.41, 5.74) is 1.43. The second-order valence-electron chi connectivity index (χ2n) is 8.80. The first-order chi connectivity index (χ1) is 15.8. The third kappa shape index (κ3) is 3.43. The molecule has 1 aromatic rings. The number of esters is 2. The van der Waals surface area contributed by atoms with Gasteiger partial charge in [0.15, 0.2) is 17.6 Å². The summed E-state index contributed by atoms with van der Waals surface area (Å²) in [6.07, 6.45) is 2.29. The Morgan fingerprint density at radius 1 is 1.27 bits per heavy atom. The van der Waals surface area contributed by atoms with Crippen molar-refractivity contribution in [3.8, 4) is 11.5 Å². The number of benzene rings is 1. The molecule has 178 valence electrons. The summed E-state index contributed by atoms with van der Waals surface area (Å²) in [5, 5.41) is 10.0. The van der Waals surface area contributed by atoms with Crippen LogP contribution in [0.4, 0.5) is 4.39 Å². The number of rotatable bonds is 5. The minimum absolute atomic E-state index is 0.128. The highest BCUT2D eigenvalue weighted by molar-refractivity contribution is 5.84. The Kier molecular flexibility index (Phi) is 5.24. The van der Waals surface area contributed by atoms with Crippen molar-refractivity contribution in [2.24, 2.45) is 0 Å². The van der Waals surface area contributed by atoms with E-state index in [9.17, 15) is 19.1 Å². The van der Waals surface area contributed by atoms with Crippen LogP contribution in [0.15, 0.2) is 24.0 Å². The quantitative estimate of drug-likeness (QED) is 0.652. The van der Waals surface area contributed by atoms with Gasteiger partial charge in [-0.3, -0.25) is 9.69 Å². The van der Waals surface area contributed by atoms with Crippen molar-refractivity contribution in [3.63, 3.8) is 0 Å². The van der Waals surface area contributed by atoms with E-state index < -0.39 is 41.8 Å². The van der Waals surface area contributed by atoms with E-state index in [1.807, 2.05) is 18.2 Å². The molecular formula is C23H26FNO8. The number of aliphatic hydroxyl groups is 1. The Morgan fingerprint density at radius 3 is 2.76 bits per heavy atom. The van der Waals surface area contributed by atoms with Crippen LogP contribution in [0.25, 0.3) is 0 Å². The van der Waals surface area contributed by atoms with Gasteiger partial charge in [0.05, 0.1) is 25.7 Å². The summed E-state index contributed by atoms with van der Waals surface area (Å²) < 4.78 is 41.4. The maximum atomic E-state index is 14.7. The third-order valence-corrected chi connectivity index (χ3v) is 7.12. The zero-order valence-corrected chi connectivity index (χ0v) is 18.5. The molecule has 0 bridgehead atoms. The van der Waals surface area contributed by atoms with E-state index in [1.165, 1.54) is 7.11 Å². The summed E-state index contributed by atoms with van der Waals surface area (Å²) in [5.74, 6) is -4.95. The molecule has 1 saturated heterocycles. The van der Waals surface area contributed by atoms with Gasteiger partial charge >= 0.3 is 17.8 Å². The summed E-state index contributed by atoms with van der Waals surface area (Å²) >= 11 is 0. The Balaban J connectivity index is 1.56. The minimum atomic E-state index is -3.53. The lowest BCUT2D eigenvalue weighted by Gasteiger charge is -2.39. The second-order valence-corrected chi connectivity index (χ2v) is 8.80. The van der Waals surface area contributed by atoms with Gasteiger partial charge in [0.1, 0.15) is 12.2 Å². The average Bonchev–Trinajstić information content (AvgIpc) is 3.47. The fraction of sp³-hybridized carbons (Fsp3) is 0.565. The lowest BCUT2D eigenvalue weighted by molar-refractivity contribution is -0.198. The molecule has 1 spiro atoms. The number of alkyl halides is 1. The van der Waals surface area contributed by atoms with Crippen molar-refractivity contribution >= 4 is 11.9 Å². The van der Waals surface area contributed by atoms with E-state index in [-0.39, 0.29) is 6.79 Å². The zero-order chi connectivity index (χ0) is 23.4. The number of hydrogen-bond donors (Lipinski definition) is 1. The van der Waals surface area contributed by atoms with Crippen LogP contribution in [-0.4, -0.2) is 73.5 Å². The standard InChI is InChI=1S/C23H26FNO8/c1-29-17-10-22-5-3-6-25(22)7-4-13-8-15-16(32-12-31-15)9-14(13)19(22)20(17)33-21(27)23(24,28)11-18(26)30-2/h8-10,19-20,28H,3-7,11-12H2,1-2H3/t19-,20?,22+,23-/m1/s1. The van der Waals surface area contributed by atoms with E-state index >= 15 is 0 Å². The number of carbonyl (C=O) groups is 2. The van der Waals surface area contributed by atoms with Crippen molar-refractivity contribution in [3.05, 3.63) is 35.1 Å². The van der Waals surface area contributed by atoms with Crippen molar-refractivity contribution in [1.82, 2.24) is 4.90 Å². The molecule has 4 atom stereocenters. The number of methoxy groups -OCH3 is 2. The molecule has 9 nitrogen and oxygen atoms in total. The predicted octanol–water partition coefficient (Wildman–Crippen LogP) is 1.57. The highest BCUT2D eigenvalue weighted by Gasteiger charge is 2.59. The molecule has 1 aromatic carbocycles. The fourth-order valence-electron chi connectivity index (χ4n) is 5.64.